The Hall–Kier alpha value is -2.31. The molecule has 0 aromatic carbocycles. The molecule has 7 heteroatoms. The number of nitrogens with one attached hydrogen (secondary N) is 1. The van der Waals surface area contributed by atoms with Crippen LogP contribution in [-0.2, 0) is 7.05 Å². The second kappa shape index (κ2) is 5.23. The maximum atomic E-state index is 12.5. The van der Waals surface area contributed by atoms with Gasteiger partial charge in [-0.25, -0.2) is 0 Å². The van der Waals surface area contributed by atoms with Gasteiger partial charge in [0.2, 0.25) is 0 Å². The molecule has 0 fully saturated rings. The molecule has 0 aliphatic carbocycles. The van der Waals surface area contributed by atoms with Crippen LogP contribution in [0, 0.1) is 20.8 Å². The molecule has 2 heterocycles. The molecule has 0 atom stereocenters. The SMILES string of the molecule is Cc1nn(C)c(C(=O)Nc2c(C)nn(C(C)C)c2C)c1N. The van der Waals surface area contributed by atoms with Crippen LogP contribution in [0.15, 0.2) is 0 Å². The minimum absolute atomic E-state index is 0.235. The smallest absolute Gasteiger partial charge is 0.276 e. The van der Waals surface area contributed by atoms with Gasteiger partial charge in [0.25, 0.3) is 5.91 Å². The Morgan fingerprint density at radius 2 is 1.81 bits per heavy atom. The number of aryl methyl sites for hydroxylation is 3. The van der Waals surface area contributed by atoms with Crippen molar-refractivity contribution in [2.45, 2.75) is 40.7 Å². The van der Waals surface area contributed by atoms with Crippen molar-refractivity contribution >= 4 is 17.3 Å². The second-order valence-corrected chi connectivity index (χ2v) is 5.51. The van der Waals surface area contributed by atoms with Gasteiger partial charge >= 0.3 is 0 Å². The molecule has 114 valence electrons. The fraction of sp³-hybridized carbons (Fsp3) is 0.500. The van der Waals surface area contributed by atoms with Crippen LogP contribution in [0.2, 0.25) is 0 Å². The highest BCUT2D eigenvalue weighted by molar-refractivity contribution is 6.07. The minimum Gasteiger partial charge on any atom is -0.395 e. The number of nitrogen functional groups attached to an aromatic ring is 1. The monoisotopic (exact) mass is 290 g/mol. The van der Waals surface area contributed by atoms with E-state index in [0.29, 0.717) is 17.1 Å². The molecule has 2 aromatic rings. The van der Waals surface area contributed by atoms with Crippen LogP contribution in [0.5, 0.6) is 0 Å². The third-order valence-corrected chi connectivity index (χ3v) is 3.54. The summed E-state index contributed by atoms with van der Waals surface area (Å²) in [6.45, 7) is 9.69. The predicted molar refractivity (Wildman–Crippen MR) is 82.4 cm³/mol. The first kappa shape index (κ1) is 15.1. The summed E-state index contributed by atoms with van der Waals surface area (Å²) < 4.78 is 3.39. The normalized spacial score (nSPS) is 11.2. The summed E-state index contributed by atoms with van der Waals surface area (Å²) in [5.74, 6) is -0.273. The average molecular weight is 290 g/mol. The van der Waals surface area contributed by atoms with Crippen molar-refractivity contribution in [1.29, 1.82) is 0 Å². The van der Waals surface area contributed by atoms with Gasteiger partial charge in [-0.3, -0.25) is 14.2 Å². The number of carbonyl (C=O) groups is 1. The Bertz CT molecular complexity index is 695. The van der Waals surface area contributed by atoms with Crippen LogP contribution in [0.25, 0.3) is 0 Å². The highest BCUT2D eigenvalue weighted by atomic mass is 16.2. The van der Waals surface area contributed by atoms with Gasteiger partial charge in [0, 0.05) is 13.1 Å². The summed E-state index contributed by atoms with van der Waals surface area (Å²) in [5, 5.41) is 11.5. The van der Waals surface area contributed by atoms with E-state index in [1.165, 1.54) is 4.68 Å². The summed E-state index contributed by atoms with van der Waals surface area (Å²) in [4.78, 5) is 12.5. The second-order valence-electron chi connectivity index (χ2n) is 5.51. The molecule has 0 saturated heterocycles. The lowest BCUT2D eigenvalue weighted by Gasteiger charge is -2.09. The van der Waals surface area contributed by atoms with E-state index in [2.05, 4.69) is 15.5 Å². The Morgan fingerprint density at radius 3 is 2.24 bits per heavy atom. The van der Waals surface area contributed by atoms with Crippen molar-refractivity contribution in [2.24, 2.45) is 7.05 Å². The van der Waals surface area contributed by atoms with E-state index in [1.807, 2.05) is 32.4 Å². The Balaban J connectivity index is 2.36. The van der Waals surface area contributed by atoms with Gasteiger partial charge in [-0.05, 0) is 34.6 Å². The van der Waals surface area contributed by atoms with Crippen LogP contribution >= 0.6 is 0 Å². The topological polar surface area (TPSA) is 90.8 Å². The van der Waals surface area contributed by atoms with Crippen LogP contribution in [0.1, 0.15) is 47.5 Å². The zero-order valence-electron chi connectivity index (χ0n) is 13.4. The number of rotatable bonds is 3. The standard InChI is InChI=1S/C14H22N6O/c1-7(2)20-10(5)12(9(4)18-20)16-14(21)13-11(15)8(3)17-19(13)6/h7H,15H2,1-6H3,(H,16,21). The molecule has 1 amide bonds. The lowest BCUT2D eigenvalue weighted by molar-refractivity contribution is 0.101. The molecular formula is C14H22N6O. The summed E-state index contributed by atoms with van der Waals surface area (Å²) in [6.07, 6.45) is 0. The van der Waals surface area contributed by atoms with Gasteiger partial charge < -0.3 is 11.1 Å². The maximum absolute atomic E-state index is 12.5. The quantitative estimate of drug-likeness (QED) is 0.904. The third kappa shape index (κ3) is 2.51. The Labute approximate surface area is 124 Å². The number of hydrogen-bond acceptors (Lipinski definition) is 4. The molecule has 2 rings (SSSR count). The summed E-state index contributed by atoms with van der Waals surface area (Å²) in [5.41, 5.74) is 9.78. The average Bonchev–Trinajstić information content (AvgIpc) is 2.80. The van der Waals surface area contributed by atoms with Crippen molar-refractivity contribution in [1.82, 2.24) is 19.6 Å². The number of amides is 1. The van der Waals surface area contributed by atoms with E-state index in [1.54, 1.807) is 14.0 Å². The highest BCUT2D eigenvalue weighted by Gasteiger charge is 2.21. The van der Waals surface area contributed by atoms with Gasteiger partial charge in [-0.1, -0.05) is 0 Å². The molecule has 0 saturated carbocycles. The first-order valence-corrected chi connectivity index (χ1v) is 6.90. The van der Waals surface area contributed by atoms with Gasteiger partial charge in [-0.15, -0.1) is 0 Å². The van der Waals surface area contributed by atoms with Crippen molar-refractivity contribution in [3.63, 3.8) is 0 Å². The number of aromatic nitrogens is 4. The summed E-state index contributed by atoms with van der Waals surface area (Å²) in [7, 11) is 1.70. The molecule has 0 spiro atoms. The van der Waals surface area contributed by atoms with Gasteiger partial charge in [-0.2, -0.15) is 10.2 Å². The van der Waals surface area contributed by atoms with Gasteiger partial charge in [0.05, 0.1) is 28.5 Å². The van der Waals surface area contributed by atoms with Crippen LogP contribution in [0.4, 0.5) is 11.4 Å². The maximum Gasteiger partial charge on any atom is 0.276 e. The molecule has 0 aliphatic heterocycles. The van der Waals surface area contributed by atoms with E-state index in [-0.39, 0.29) is 11.9 Å². The van der Waals surface area contributed by atoms with Crippen molar-refractivity contribution in [3.8, 4) is 0 Å². The first-order valence-electron chi connectivity index (χ1n) is 6.90. The zero-order valence-corrected chi connectivity index (χ0v) is 13.4. The van der Waals surface area contributed by atoms with E-state index in [0.717, 1.165) is 17.1 Å². The first-order chi connectivity index (χ1) is 9.73. The Morgan fingerprint density at radius 1 is 1.19 bits per heavy atom. The number of hydrogen-bond donors (Lipinski definition) is 2. The molecule has 2 aromatic heterocycles. The molecule has 0 unspecified atom stereocenters. The summed E-state index contributed by atoms with van der Waals surface area (Å²) >= 11 is 0. The number of anilines is 2. The largest absolute Gasteiger partial charge is 0.395 e. The predicted octanol–water partition coefficient (Wildman–Crippen LogP) is 1.96. The van der Waals surface area contributed by atoms with Gasteiger partial charge in [0.15, 0.2) is 0 Å². The van der Waals surface area contributed by atoms with E-state index >= 15 is 0 Å². The van der Waals surface area contributed by atoms with Crippen molar-refractivity contribution in [3.05, 3.63) is 22.8 Å². The van der Waals surface area contributed by atoms with Crippen LogP contribution in [-0.4, -0.2) is 25.5 Å². The molecule has 3 N–H and O–H groups in total. The van der Waals surface area contributed by atoms with Crippen molar-refractivity contribution < 1.29 is 4.79 Å². The van der Waals surface area contributed by atoms with Crippen molar-refractivity contribution in [2.75, 3.05) is 11.1 Å². The highest BCUT2D eigenvalue weighted by Crippen LogP contribution is 2.24. The number of nitrogens with two attached hydrogens (primary N) is 1. The summed E-state index contributed by atoms with van der Waals surface area (Å²) in [6, 6.07) is 0.235. The van der Waals surface area contributed by atoms with Crippen LogP contribution < -0.4 is 11.1 Å². The Kier molecular flexibility index (Phi) is 3.76. The van der Waals surface area contributed by atoms with Gasteiger partial charge in [0.1, 0.15) is 5.69 Å². The zero-order chi connectivity index (χ0) is 15.9. The minimum atomic E-state index is -0.273. The molecule has 0 bridgehead atoms. The number of nitrogens with zero attached hydrogens (tertiary/aromatic N) is 4. The van der Waals surface area contributed by atoms with E-state index < -0.39 is 0 Å². The van der Waals surface area contributed by atoms with E-state index in [4.69, 9.17) is 5.73 Å². The fourth-order valence-electron chi connectivity index (χ4n) is 2.46. The fourth-order valence-corrected chi connectivity index (χ4v) is 2.46. The molecular weight excluding hydrogens is 268 g/mol. The third-order valence-electron chi connectivity index (χ3n) is 3.54. The lowest BCUT2D eigenvalue weighted by Crippen LogP contribution is -2.18. The number of carbonyl (C=O) groups excluding carboxylic acids is 1. The van der Waals surface area contributed by atoms with Crippen LogP contribution in [0.3, 0.4) is 0 Å². The molecule has 0 aliphatic rings. The van der Waals surface area contributed by atoms with E-state index in [9.17, 15) is 4.79 Å². The molecule has 0 radical (unpaired) electrons. The lowest BCUT2D eigenvalue weighted by atomic mass is 10.2. The molecule has 21 heavy (non-hydrogen) atoms. The molecule has 7 nitrogen and oxygen atoms in total.